The molecule has 0 spiro atoms. The van der Waals surface area contributed by atoms with Crippen LogP contribution in [-0.4, -0.2) is 39.9 Å². The van der Waals surface area contributed by atoms with Crippen molar-refractivity contribution < 1.29 is 18.6 Å². The monoisotopic (exact) mass is 327 g/mol. The Hall–Kier alpha value is -2.20. The minimum absolute atomic E-state index is 0.592. The highest BCUT2D eigenvalue weighted by atomic mass is 19.2. The lowest BCUT2D eigenvalue weighted by atomic mass is 10.1. The van der Waals surface area contributed by atoms with Gasteiger partial charge in [-0.25, -0.2) is 9.18 Å². The van der Waals surface area contributed by atoms with E-state index in [9.17, 15) is 9.59 Å². The zero-order valence-electron chi connectivity index (χ0n) is 12.3. The van der Waals surface area contributed by atoms with E-state index in [0.717, 1.165) is 10.6 Å². The number of aromatic nitrogens is 2. The van der Waals surface area contributed by atoms with E-state index in [1.165, 1.54) is 6.20 Å². The second-order valence-corrected chi connectivity index (χ2v) is 5.72. The van der Waals surface area contributed by atoms with Gasteiger partial charge in [0.05, 0.1) is 6.54 Å². The van der Waals surface area contributed by atoms with Crippen LogP contribution in [0.4, 0.5) is 4.39 Å². The van der Waals surface area contributed by atoms with Crippen molar-refractivity contribution in [2.75, 3.05) is 6.54 Å². The first kappa shape index (κ1) is 15.7. The largest absolute Gasteiger partial charge is 0.340 e. The smallest absolute Gasteiger partial charge is 0.330 e. The first-order valence-corrected chi connectivity index (χ1v) is 6.80. The molecule has 1 aromatic rings. The molecule has 0 radical (unpaired) electrons. The van der Waals surface area contributed by atoms with E-state index in [4.69, 9.17) is 19.7 Å². The predicted octanol–water partition coefficient (Wildman–Crippen LogP) is 0.562. The summed E-state index contributed by atoms with van der Waals surface area (Å²) in [7, 11) is 0. The summed E-state index contributed by atoms with van der Waals surface area (Å²) in [5, 5.41) is 3.20. The van der Waals surface area contributed by atoms with Crippen LogP contribution in [0.2, 0.25) is 0 Å². The highest BCUT2D eigenvalue weighted by Crippen LogP contribution is 2.48. The van der Waals surface area contributed by atoms with Gasteiger partial charge in [-0.15, -0.1) is 0 Å². The number of aromatic amines is 1. The molecular weight excluding hydrogens is 313 g/mol. The summed E-state index contributed by atoms with van der Waals surface area (Å²) in [6.45, 7) is 2.54. The Morgan fingerprint density at radius 3 is 2.83 bits per heavy atom. The summed E-state index contributed by atoms with van der Waals surface area (Å²) < 4.78 is 32.5. The Morgan fingerprint density at radius 2 is 2.17 bits per heavy atom. The summed E-state index contributed by atoms with van der Waals surface area (Å²) >= 11 is 0. The first-order valence-electron chi connectivity index (χ1n) is 6.80. The van der Waals surface area contributed by atoms with Gasteiger partial charge < -0.3 is 14.2 Å². The lowest BCUT2D eigenvalue weighted by Gasteiger charge is -2.27. The third-order valence-electron chi connectivity index (χ3n) is 3.63. The molecule has 2 aliphatic rings. The molecule has 23 heavy (non-hydrogen) atoms. The molecular formula is C12H14FN5O5. The zero-order valence-corrected chi connectivity index (χ0v) is 12.3. The lowest BCUT2D eigenvalue weighted by molar-refractivity contribution is -0.252. The second-order valence-electron chi connectivity index (χ2n) is 5.72. The van der Waals surface area contributed by atoms with Crippen molar-refractivity contribution in [3.8, 4) is 0 Å². The molecule has 3 rings (SSSR count). The number of H-pyrrole nitrogens is 1. The van der Waals surface area contributed by atoms with Crippen molar-refractivity contribution in [2.24, 2.45) is 5.11 Å². The number of hydrogen-bond donors (Lipinski definition) is 1. The zero-order chi connectivity index (χ0) is 16.8. The fraction of sp³-hybridized carbons (Fsp3) is 0.667. The van der Waals surface area contributed by atoms with Crippen LogP contribution in [0.3, 0.4) is 0 Å². The average Bonchev–Trinajstić information content (AvgIpc) is 2.91. The molecule has 2 aliphatic heterocycles. The molecule has 11 heteroatoms. The minimum Gasteiger partial charge on any atom is -0.340 e. The molecule has 2 saturated heterocycles. The van der Waals surface area contributed by atoms with Gasteiger partial charge in [0, 0.05) is 17.2 Å². The maximum atomic E-state index is 15.1. The maximum Gasteiger partial charge on any atom is 0.330 e. The summed E-state index contributed by atoms with van der Waals surface area (Å²) in [5.74, 6) is -3.55. The van der Waals surface area contributed by atoms with Gasteiger partial charge >= 0.3 is 5.69 Å². The molecule has 4 atom stereocenters. The van der Waals surface area contributed by atoms with Crippen molar-refractivity contribution in [3.63, 3.8) is 0 Å². The van der Waals surface area contributed by atoms with Crippen LogP contribution in [-0.2, 0) is 14.2 Å². The summed E-state index contributed by atoms with van der Waals surface area (Å²) in [6.07, 6.45) is -2.14. The quantitative estimate of drug-likeness (QED) is 0.492. The molecule has 3 heterocycles. The van der Waals surface area contributed by atoms with Gasteiger partial charge in [0.1, 0.15) is 6.10 Å². The Balaban J connectivity index is 2.03. The molecule has 1 N–H and O–H groups in total. The topological polar surface area (TPSA) is 131 Å². The van der Waals surface area contributed by atoms with Crippen LogP contribution in [0.5, 0.6) is 0 Å². The number of hydrogen-bond acceptors (Lipinski definition) is 6. The fourth-order valence-electron chi connectivity index (χ4n) is 2.76. The van der Waals surface area contributed by atoms with Crippen molar-refractivity contribution in [3.05, 3.63) is 43.5 Å². The third kappa shape index (κ3) is 2.63. The number of rotatable bonds is 3. The Morgan fingerprint density at radius 1 is 1.43 bits per heavy atom. The van der Waals surface area contributed by atoms with Gasteiger partial charge in [-0.3, -0.25) is 14.3 Å². The number of fused-ring (bicyclic) bond motifs is 1. The lowest BCUT2D eigenvalue weighted by Crippen LogP contribution is -2.41. The van der Waals surface area contributed by atoms with Crippen molar-refractivity contribution in [1.29, 1.82) is 0 Å². The summed E-state index contributed by atoms with van der Waals surface area (Å²) in [6, 6.07) is 1.10. The molecule has 0 saturated carbocycles. The number of azide groups is 1. The standard InChI is InChI=1S/C12H14FN5O5/c1-11(2)21-7-8(22-11)12(13,5-15-17-14)23-9(7)18-4-3-6(19)16-10(18)20/h3-4,7-9H,5H2,1-2H3,(H,16,19,20)/t7-,8+,9+,12?/m0/s1. The molecule has 0 aliphatic carbocycles. The maximum absolute atomic E-state index is 15.1. The van der Waals surface area contributed by atoms with Gasteiger partial charge in [-0.05, 0) is 19.4 Å². The molecule has 1 aromatic heterocycles. The van der Waals surface area contributed by atoms with Crippen molar-refractivity contribution >= 4 is 0 Å². The molecule has 0 amide bonds. The van der Waals surface area contributed by atoms with E-state index in [0.29, 0.717) is 0 Å². The summed E-state index contributed by atoms with van der Waals surface area (Å²) in [4.78, 5) is 27.7. The van der Waals surface area contributed by atoms with E-state index in [1.807, 2.05) is 0 Å². The van der Waals surface area contributed by atoms with Crippen LogP contribution < -0.4 is 11.2 Å². The van der Waals surface area contributed by atoms with Crippen molar-refractivity contribution in [2.45, 2.75) is 43.9 Å². The van der Waals surface area contributed by atoms with Gasteiger partial charge in [0.25, 0.3) is 5.56 Å². The van der Waals surface area contributed by atoms with Gasteiger partial charge in [0.15, 0.2) is 18.1 Å². The van der Waals surface area contributed by atoms with E-state index in [2.05, 4.69) is 15.0 Å². The highest BCUT2D eigenvalue weighted by Gasteiger charge is 2.64. The van der Waals surface area contributed by atoms with E-state index in [-0.39, 0.29) is 0 Å². The Bertz CT molecular complexity index is 785. The third-order valence-corrected chi connectivity index (χ3v) is 3.63. The second kappa shape index (κ2) is 5.17. The van der Waals surface area contributed by atoms with Gasteiger partial charge in [-0.1, -0.05) is 5.11 Å². The number of nitrogens with one attached hydrogen (secondary N) is 1. The molecule has 1 unspecified atom stereocenters. The van der Waals surface area contributed by atoms with E-state index in [1.54, 1.807) is 13.8 Å². The molecule has 10 nitrogen and oxygen atoms in total. The predicted molar refractivity (Wildman–Crippen MR) is 73.1 cm³/mol. The number of nitrogens with zero attached hydrogens (tertiary/aromatic N) is 4. The number of ether oxygens (including phenoxy) is 3. The van der Waals surface area contributed by atoms with Gasteiger partial charge in [-0.2, -0.15) is 0 Å². The highest BCUT2D eigenvalue weighted by molar-refractivity contribution is 5.03. The van der Waals surface area contributed by atoms with Crippen LogP contribution >= 0.6 is 0 Å². The SMILES string of the molecule is CC1(C)O[C@@H]2[C@H](n3ccc(=O)[nH]c3=O)OC(F)(CN=[N+]=[N-])[C@@H]2O1. The van der Waals surface area contributed by atoms with Crippen molar-refractivity contribution in [1.82, 2.24) is 9.55 Å². The Labute approximate surface area is 128 Å². The minimum atomic E-state index is -2.45. The fourth-order valence-corrected chi connectivity index (χ4v) is 2.76. The number of alkyl halides is 1. The molecule has 0 aromatic carbocycles. The summed E-state index contributed by atoms with van der Waals surface area (Å²) in [5.41, 5.74) is 7.04. The average molecular weight is 327 g/mol. The van der Waals surface area contributed by atoms with Crippen LogP contribution in [0.25, 0.3) is 10.4 Å². The van der Waals surface area contributed by atoms with Gasteiger partial charge in [0.2, 0.25) is 5.85 Å². The normalized spacial score (nSPS) is 34.8. The molecule has 0 bridgehead atoms. The van der Waals surface area contributed by atoms with Crippen LogP contribution in [0, 0.1) is 0 Å². The van der Waals surface area contributed by atoms with Crippen LogP contribution in [0.1, 0.15) is 20.1 Å². The first-order chi connectivity index (χ1) is 10.8. The molecule has 124 valence electrons. The van der Waals surface area contributed by atoms with E-state index < -0.39 is 47.9 Å². The van der Waals surface area contributed by atoms with E-state index >= 15 is 4.39 Å². The van der Waals surface area contributed by atoms with Crippen LogP contribution in [0.15, 0.2) is 27.0 Å². The Kier molecular flexibility index (Phi) is 3.52. The molecule has 2 fully saturated rings. The number of halogens is 1.